The van der Waals surface area contributed by atoms with E-state index in [4.69, 9.17) is 9.84 Å². The first kappa shape index (κ1) is 11.5. The molecule has 0 fully saturated rings. The van der Waals surface area contributed by atoms with E-state index in [0.717, 1.165) is 11.8 Å². The van der Waals surface area contributed by atoms with Gasteiger partial charge in [0, 0.05) is 12.7 Å². The minimum absolute atomic E-state index is 0.0528. The summed E-state index contributed by atoms with van der Waals surface area (Å²) in [5, 5.41) is 8.93. The van der Waals surface area contributed by atoms with Gasteiger partial charge >= 0.3 is 0 Å². The van der Waals surface area contributed by atoms with Gasteiger partial charge in [-0.1, -0.05) is 18.2 Å². The summed E-state index contributed by atoms with van der Waals surface area (Å²) in [6.07, 6.45) is 1.61. The molecule has 0 aliphatic rings. The van der Waals surface area contributed by atoms with Gasteiger partial charge in [-0.25, -0.2) is 9.37 Å². The van der Waals surface area contributed by atoms with E-state index in [9.17, 15) is 4.39 Å². The number of aliphatic hydroxyl groups is 1. The minimum Gasteiger partial charge on any atom is -0.439 e. The molecule has 0 unspecified atom stereocenters. The average Bonchev–Trinajstić information content (AvgIpc) is 2.35. The molecule has 1 heterocycles. The van der Waals surface area contributed by atoms with Crippen LogP contribution in [0.25, 0.3) is 0 Å². The van der Waals surface area contributed by atoms with Gasteiger partial charge < -0.3 is 9.84 Å². The zero-order valence-electron chi connectivity index (χ0n) is 9.14. The van der Waals surface area contributed by atoms with Crippen LogP contribution in [-0.2, 0) is 6.42 Å². The summed E-state index contributed by atoms with van der Waals surface area (Å²) in [5.74, 6) is 0.554. The van der Waals surface area contributed by atoms with Gasteiger partial charge in [0.1, 0.15) is 11.6 Å². The van der Waals surface area contributed by atoms with Gasteiger partial charge in [-0.05, 0) is 24.1 Å². The second kappa shape index (κ2) is 5.41. The van der Waals surface area contributed by atoms with Crippen molar-refractivity contribution in [3.05, 3.63) is 54.0 Å². The van der Waals surface area contributed by atoms with E-state index >= 15 is 0 Å². The van der Waals surface area contributed by atoms with Crippen LogP contribution >= 0.6 is 0 Å². The molecule has 0 saturated heterocycles. The summed E-state index contributed by atoms with van der Waals surface area (Å²) in [6, 6.07) is 10.1. The van der Waals surface area contributed by atoms with E-state index in [1.807, 2.05) is 18.2 Å². The van der Waals surface area contributed by atoms with Crippen LogP contribution in [0.3, 0.4) is 0 Å². The van der Waals surface area contributed by atoms with Crippen molar-refractivity contribution in [1.29, 1.82) is 0 Å². The lowest BCUT2D eigenvalue weighted by molar-refractivity contribution is 0.297. The SMILES string of the molecule is OCCc1ccccc1Oc1ccc(F)cn1. The monoisotopic (exact) mass is 233 g/mol. The predicted octanol–water partition coefficient (Wildman–Crippen LogP) is 2.55. The summed E-state index contributed by atoms with van der Waals surface area (Å²) in [4.78, 5) is 3.82. The smallest absolute Gasteiger partial charge is 0.219 e. The van der Waals surface area contributed by atoms with Crippen molar-refractivity contribution < 1.29 is 14.2 Å². The van der Waals surface area contributed by atoms with Crippen molar-refractivity contribution >= 4 is 0 Å². The van der Waals surface area contributed by atoms with Crippen molar-refractivity contribution in [2.24, 2.45) is 0 Å². The highest BCUT2D eigenvalue weighted by Gasteiger charge is 2.04. The van der Waals surface area contributed by atoms with Crippen LogP contribution < -0.4 is 4.74 Å². The Kier molecular flexibility index (Phi) is 3.67. The van der Waals surface area contributed by atoms with E-state index in [2.05, 4.69) is 4.98 Å². The highest BCUT2D eigenvalue weighted by molar-refractivity contribution is 5.36. The Morgan fingerprint density at radius 3 is 2.71 bits per heavy atom. The van der Waals surface area contributed by atoms with E-state index < -0.39 is 5.82 Å². The molecule has 17 heavy (non-hydrogen) atoms. The van der Waals surface area contributed by atoms with Gasteiger partial charge in [0.15, 0.2) is 0 Å². The first-order valence-corrected chi connectivity index (χ1v) is 5.28. The summed E-state index contributed by atoms with van der Waals surface area (Å²) >= 11 is 0. The topological polar surface area (TPSA) is 42.4 Å². The van der Waals surface area contributed by atoms with Crippen LogP contribution in [0.1, 0.15) is 5.56 Å². The number of nitrogens with zero attached hydrogens (tertiary/aromatic N) is 1. The normalized spacial score (nSPS) is 10.2. The Hall–Kier alpha value is -1.94. The molecule has 3 nitrogen and oxygen atoms in total. The van der Waals surface area contributed by atoms with Gasteiger partial charge in [-0.2, -0.15) is 0 Å². The number of aromatic nitrogens is 1. The maximum atomic E-state index is 12.7. The fraction of sp³-hybridized carbons (Fsp3) is 0.154. The van der Waals surface area contributed by atoms with Crippen molar-refractivity contribution in [3.8, 4) is 11.6 Å². The van der Waals surface area contributed by atoms with Gasteiger partial charge in [0.2, 0.25) is 5.88 Å². The standard InChI is InChI=1S/C13H12FNO2/c14-11-5-6-13(15-9-11)17-12-4-2-1-3-10(12)7-8-16/h1-6,9,16H,7-8H2. The molecule has 0 amide bonds. The predicted molar refractivity (Wildman–Crippen MR) is 61.5 cm³/mol. The average molecular weight is 233 g/mol. The van der Waals surface area contributed by atoms with Gasteiger partial charge in [-0.15, -0.1) is 0 Å². The summed E-state index contributed by atoms with van der Waals surface area (Å²) in [7, 11) is 0. The van der Waals surface area contributed by atoms with Crippen molar-refractivity contribution in [3.63, 3.8) is 0 Å². The molecule has 0 bridgehead atoms. The zero-order chi connectivity index (χ0) is 12.1. The third kappa shape index (κ3) is 3.01. The van der Waals surface area contributed by atoms with E-state index in [-0.39, 0.29) is 6.61 Å². The molecule has 0 spiro atoms. The molecule has 1 aromatic heterocycles. The Morgan fingerprint density at radius 2 is 2.00 bits per heavy atom. The largest absolute Gasteiger partial charge is 0.439 e. The van der Waals surface area contributed by atoms with Crippen LogP contribution in [0.5, 0.6) is 11.6 Å². The first-order valence-electron chi connectivity index (χ1n) is 5.28. The Labute approximate surface area is 98.5 Å². The number of benzene rings is 1. The quantitative estimate of drug-likeness (QED) is 0.882. The number of aliphatic hydroxyl groups excluding tert-OH is 1. The van der Waals surface area contributed by atoms with Gasteiger partial charge in [0.25, 0.3) is 0 Å². The Balaban J connectivity index is 2.20. The number of ether oxygens (including phenoxy) is 1. The molecule has 88 valence electrons. The minimum atomic E-state index is -0.402. The zero-order valence-corrected chi connectivity index (χ0v) is 9.14. The molecular weight excluding hydrogens is 221 g/mol. The fourth-order valence-corrected chi connectivity index (χ4v) is 1.47. The second-order valence-electron chi connectivity index (χ2n) is 3.50. The number of rotatable bonds is 4. The molecule has 1 aromatic carbocycles. The number of hydrogen-bond acceptors (Lipinski definition) is 3. The van der Waals surface area contributed by atoms with Crippen molar-refractivity contribution in [1.82, 2.24) is 4.98 Å². The lowest BCUT2D eigenvalue weighted by atomic mass is 10.1. The van der Waals surface area contributed by atoms with E-state index in [0.29, 0.717) is 18.1 Å². The van der Waals surface area contributed by atoms with Crippen molar-refractivity contribution in [2.75, 3.05) is 6.61 Å². The fourth-order valence-electron chi connectivity index (χ4n) is 1.47. The second-order valence-corrected chi connectivity index (χ2v) is 3.50. The molecule has 0 radical (unpaired) electrons. The number of pyridine rings is 1. The van der Waals surface area contributed by atoms with E-state index in [1.165, 1.54) is 12.1 Å². The van der Waals surface area contributed by atoms with Crippen molar-refractivity contribution in [2.45, 2.75) is 6.42 Å². The van der Waals surface area contributed by atoms with Crippen LogP contribution in [0.2, 0.25) is 0 Å². The number of halogens is 1. The summed E-state index contributed by atoms with van der Waals surface area (Å²) in [5.41, 5.74) is 0.890. The number of para-hydroxylation sites is 1. The Morgan fingerprint density at radius 1 is 1.18 bits per heavy atom. The third-order valence-corrected chi connectivity index (χ3v) is 2.27. The van der Waals surface area contributed by atoms with Crippen LogP contribution in [0.15, 0.2) is 42.6 Å². The van der Waals surface area contributed by atoms with Crippen LogP contribution in [0, 0.1) is 5.82 Å². The molecule has 2 aromatic rings. The molecule has 1 N–H and O–H groups in total. The third-order valence-electron chi connectivity index (χ3n) is 2.27. The maximum Gasteiger partial charge on any atom is 0.219 e. The maximum absolute atomic E-state index is 12.7. The molecule has 0 atom stereocenters. The molecule has 0 aliphatic heterocycles. The molecule has 0 aliphatic carbocycles. The molecular formula is C13H12FNO2. The van der Waals surface area contributed by atoms with Gasteiger partial charge in [0.05, 0.1) is 6.20 Å². The van der Waals surface area contributed by atoms with Crippen LogP contribution in [-0.4, -0.2) is 16.7 Å². The van der Waals surface area contributed by atoms with Crippen LogP contribution in [0.4, 0.5) is 4.39 Å². The first-order chi connectivity index (χ1) is 8.29. The lowest BCUT2D eigenvalue weighted by Gasteiger charge is -2.09. The molecule has 2 rings (SSSR count). The highest BCUT2D eigenvalue weighted by atomic mass is 19.1. The summed E-state index contributed by atoms with van der Waals surface area (Å²) < 4.78 is 18.2. The Bertz CT molecular complexity index is 485. The lowest BCUT2D eigenvalue weighted by Crippen LogP contribution is -1.96. The highest BCUT2D eigenvalue weighted by Crippen LogP contribution is 2.23. The molecule has 4 heteroatoms. The number of hydrogen-bond donors (Lipinski definition) is 1. The van der Waals surface area contributed by atoms with E-state index in [1.54, 1.807) is 6.07 Å². The summed E-state index contributed by atoms with van der Waals surface area (Å²) in [6.45, 7) is 0.0528. The molecule has 0 saturated carbocycles. The van der Waals surface area contributed by atoms with Gasteiger partial charge in [-0.3, -0.25) is 0 Å².